The van der Waals surface area contributed by atoms with Crippen molar-refractivity contribution >= 4 is 10.8 Å². The zero-order valence-electron chi connectivity index (χ0n) is 15.6. The number of halogens is 3. The average Bonchev–Trinajstić information content (AvgIpc) is 2.67. The van der Waals surface area contributed by atoms with Crippen LogP contribution in [0.3, 0.4) is 0 Å². The van der Waals surface area contributed by atoms with Gasteiger partial charge in [0.25, 0.3) is 0 Å². The van der Waals surface area contributed by atoms with Crippen molar-refractivity contribution in [2.75, 3.05) is 6.61 Å². The normalized spacial score (nSPS) is 11.4. The minimum Gasteiger partial charge on any atom is -0.494 e. The Bertz CT molecular complexity index is 965. The van der Waals surface area contributed by atoms with Crippen LogP contribution in [0.2, 0.25) is 0 Å². The number of allylic oxidation sites excluding steroid dienone is 1. The molecule has 0 saturated carbocycles. The summed E-state index contributed by atoms with van der Waals surface area (Å²) in [6.07, 6.45) is -0.596. The highest BCUT2D eigenvalue weighted by atomic mass is 19.3. The van der Waals surface area contributed by atoms with E-state index in [1.807, 2.05) is 6.92 Å². The van der Waals surface area contributed by atoms with Gasteiger partial charge in [-0.25, -0.2) is 4.39 Å². The van der Waals surface area contributed by atoms with Gasteiger partial charge in [0.05, 0.1) is 12.2 Å². The van der Waals surface area contributed by atoms with Crippen molar-refractivity contribution in [1.29, 1.82) is 0 Å². The molecule has 0 fully saturated rings. The summed E-state index contributed by atoms with van der Waals surface area (Å²) in [7, 11) is 0. The summed E-state index contributed by atoms with van der Waals surface area (Å²) in [5.74, 6) is 0.102. The topological polar surface area (TPSA) is 18.5 Å². The lowest BCUT2D eigenvalue weighted by molar-refractivity contribution is -0.185. The van der Waals surface area contributed by atoms with Crippen LogP contribution in [0, 0.1) is 5.82 Å². The van der Waals surface area contributed by atoms with Crippen molar-refractivity contribution in [3.05, 3.63) is 84.2 Å². The number of benzene rings is 3. The maximum absolute atomic E-state index is 14.5. The monoisotopic (exact) mass is 386 g/mol. The Morgan fingerprint density at radius 3 is 2.36 bits per heavy atom. The van der Waals surface area contributed by atoms with E-state index in [0.29, 0.717) is 36.1 Å². The molecule has 0 aliphatic rings. The highest BCUT2D eigenvalue weighted by molar-refractivity contribution is 5.84. The van der Waals surface area contributed by atoms with E-state index in [-0.39, 0.29) is 17.1 Å². The van der Waals surface area contributed by atoms with Crippen molar-refractivity contribution in [2.24, 2.45) is 0 Å². The molecule has 5 heteroatoms. The second kappa shape index (κ2) is 8.38. The van der Waals surface area contributed by atoms with Gasteiger partial charge in [0.15, 0.2) is 0 Å². The molecule has 28 heavy (non-hydrogen) atoms. The maximum atomic E-state index is 14.5. The van der Waals surface area contributed by atoms with Crippen LogP contribution in [0.5, 0.6) is 11.5 Å². The molecular weight excluding hydrogens is 365 g/mol. The van der Waals surface area contributed by atoms with Crippen molar-refractivity contribution in [1.82, 2.24) is 0 Å². The largest absolute Gasteiger partial charge is 0.494 e. The van der Waals surface area contributed by atoms with E-state index < -0.39 is 6.11 Å². The number of hydrogen-bond donors (Lipinski definition) is 0. The molecule has 0 bridgehead atoms. The van der Waals surface area contributed by atoms with E-state index in [1.54, 1.807) is 18.2 Å². The van der Waals surface area contributed by atoms with Gasteiger partial charge in [-0.05, 0) is 84.6 Å². The summed E-state index contributed by atoms with van der Waals surface area (Å²) in [6, 6.07) is 13.1. The van der Waals surface area contributed by atoms with Gasteiger partial charge in [0, 0.05) is 0 Å². The third kappa shape index (κ3) is 4.47. The van der Waals surface area contributed by atoms with E-state index in [2.05, 4.69) is 6.58 Å². The minimum atomic E-state index is -3.53. The van der Waals surface area contributed by atoms with Gasteiger partial charge in [0.2, 0.25) is 0 Å². The van der Waals surface area contributed by atoms with Crippen molar-refractivity contribution in [3.63, 3.8) is 0 Å². The van der Waals surface area contributed by atoms with Crippen LogP contribution in [0.15, 0.2) is 67.3 Å². The highest BCUT2D eigenvalue weighted by Crippen LogP contribution is 2.34. The summed E-state index contributed by atoms with van der Waals surface area (Å²) < 4.78 is 53.4. The third-order valence-electron chi connectivity index (χ3n) is 4.34. The second-order valence-corrected chi connectivity index (χ2v) is 6.36. The SMILES string of the molecule is C=CCCc1cc2ccc(OC(F)(F)c3ccc(OCC)cc3)cc2cc1F. The van der Waals surface area contributed by atoms with E-state index >= 15 is 0 Å². The Labute approximate surface area is 162 Å². The van der Waals surface area contributed by atoms with Gasteiger partial charge in [-0.2, -0.15) is 8.78 Å². The molecule has 3 rings (SSSR count). The van der Waals surface area contributed by atoms with Gasteiger partial charge in [-0.15, -0.1) is 6.58 Å². The van der Waals surface area contributed by atoms with E-state index in [1.165, 1.54) is 42.5 Å². The van der Waals surface area contributed by atoms with Crippen LogP contribution in [0.25, 0.3) is 10.8 Å². The van der Waals surface area contributed by atoms with Crippen molar-refractivity contribution < 1.29 is 22.6 Å². The molecule has 3 aromatic carbocycles. The summed E-state index contributed by atoms with van der Waals surface area (Å²) in [5, 5.41) is 1.26. The molecule has 0 saturated heterocycles. The number of fused-ring (bicyclic) bond motifs is 1. The molecular formula is C23H21F3O2. The van der Waals surface area contributed by atoms with Gasteiger partial charge in [0.1, 0.15) is 17.3 Å². The first-order valence-electron chi connectivity index (χ1n) is 9.06. The smallest absolute Gasteiger partial charge is 0.426 e. The van der Waals surface area contributed by atoms with Gasteiger partial charge in [-0.3, -0.25) is 0 Å². The summed E-state index contributed by atoms with van der Waals surface area (Å²) in [4.78, 5) is 0. The van der Waals surface area contributed by atoms with Gasteiger partial charge < -0.3 is 9.47 Å². The lowest BCUT2D eigenvalue weighted by atomic mass is 10.0. The van der Waals surface area contributed by atoms with Crippen molar-refractivity contribution in [3.8, 4) is 11.5 Å². The summed E-state index contributed by atoms with van der Waals surface area (Å²) in [6.45, 7) is 5.90. The van der Waals surface area contributed by atoms with Gasteiger partial charge in [-0.1, -0.05) is 12.1 Å². The second-order valence-electron chi connectivity index (χ2n) is 6.36. The molecule has 0 aliphatic carbocycles. The summed E-state index contributed by atoms with van der Waals surface area (Å²) in [5.41, 5.74) is 0.280. The number of alkyl halides is 2. The number of hydrogen-bond acceptors (Lipinski definition) is 2. The fraction of sp³-hybridized carbons (Fsp3) is 0.217. The lowest BCUT2D eigenvalue weighted by Crippen LogP contribution is -2.21. The lowest BCUT2D eigenvalue weighted by Gasteiger charge is -2.19. The number of aryl methyl sites for hydroxylation is 1. The maximum Gasteiger partial charge on any atom is 0.426 e. The Kier molecular flexibility index (Phi) is 5.93. The molecule has 0 N–H and O–H groups in total. The molecule has 3 aromatic rings. The molecule has 0 amide bonds. The zero-order chi connectivity index (χ0) is 20.1. The standard InChI is InChI=1S/C23H21F3O2/c1-3-5-6-17-13-16-7-10-21(14-18(16)15-22(17)24)28-23(25,26)19-8-11-20(12-9-19)27-4-2/h3,7-15H,1,4-6H2,2H3. The molecule has 146 valence electrons. The average molecular weight is 386 g/mol. The first-order chi connectivity index (χ1) is 13.4. The zero-order valence-corrected chi connectivity index (χ0v) is 15.6. The van der Waals surface area contributed by atoms with E-state index in [9.17, 15) is 13.2 Å². The van der Waals surface area contributed by atoms with Crippen LogP contribution in [0.1, 0.15) is 24.5 Å². The van der Waals surface area contributed by atoms with Crippen LogP contribution in [-0.4, -0.2) is 6.61 Å². The highest BCUT2D eigenvalue weighted by Gasteiger charge is 2.34. The number of ether oxygens (including phenoxy) is 2. The Hall–Kier alpha value is -2.95. The van der Waals surface area contributed by atoms with Crippen LogP contribution in [-0.2, 0) is 12.5 Å². The fourth-order valence-electron chi connectivity index (χ4n) is 2.93. The Balaban J connectivity index is 1.83. The van der Waals surface area contributed by atoms with Crippen molar-refractivity contribution in [2.45, 2.75) is 25.9 Å². The first-order valence-corrected chi connectivity index (χ1v) is 9.06. The molecule has 0 atom stereocenters. The van der Waals surface area contributed by atoms with E-state index in [4.69, 9.17) is 9.47 Å². The molecule has 0 radical (unpaired) electrons. The van der Waals surface area contributed by atoms with Crippen LogP contribution >= 0.6 is 0 Å². The van der Waals surface area contributed by atoms with Crippen LogP contribution in [0.4, 0.5) is 13.2 Å². The molecule has 2 nitrogen and oxygen atoms in total. The Morgan fingerprint density at radius 1 is 0.964 bits per heavy atom. The molecule has 0 aliphatic heterocycles. The predicted molar refractivity (Wildman–Crippen MR) is 105 cm³/mol. The van der Waals surface area contributed by atoms with Gasteiger partial charge >= 0.3 is 6.11 Å². The molecule has 0 heterocycles. The predicted octanol–water partition coefficient (Wildman–Crippen LogP) is 6.62. The molecule has 0 unspecified atom stereocenters. The Morgan fingerprint density at radius 2 is 1.68 bits per heavy atom. The third-order valence-corrected chi connectivity index (χ3v) is 4.34. The van der Waals surface area contributed by atoms with E-state index in [0.717, 1.165) is 5.39 Å². The quantitative estimate of drug-likeness (QED) is 0.405. The first kappa shape index (κ1) is 19.8. The minimum absolute atomic E-state index is 0.0374. The fourth-order valence-corrected chi connectivity index (χ4v) is 2.93. The summed E-state index contributed by atoms with van der Waals surface area (Å²) >= 11 is 0. The molecule has 0 spiro atoms. The van der Waals surface area contributed by atoms with Crippen LogP contribution < -0.4 is 9.47 Å². The molecule has 0 aromatic heterocycles. The number of rotatable bonds is 8.